The van der Waals surface area contributed by atoms with Gasteiger partial charge >= 0.3 is 0 Å². The van der Waals surface area contributed by atoms with Crippen LogP contribution in [0.25, 0.3) is 11.1 Å². The molecular formula is C13H12NO2S-. The van der Waals surface area contributed by atoms with Gasteiger partial charge in [-0.2, -0.15) is 0 Å². The summed E-state index contributed by atoms with van der Waals surface area (Å²) >= 11 is -2.08. The second-order valence-electron chi connectivity index (χ2n) is 3.57. The number of hydrogen-bond acceptors (Lipinski definition) is 3. The lowest BCUT2D eigenvalue weighted by atomic mass is 10.1. The molecule has 4 heteroatoms. The van der Waals surface area contributed by atoms with E-state index in [0.29, 0.717) is 0 Å². The minimum Gasteiger partial charge on any atom is -0.771 e. The summed E-state index contributed by atoms with van der Waals surface area (Å²) in [6, 6.07) is 17.6. The van der Waals surface area contributed by atoms with Gasteiger partial charge in [0.05, 0.1) is 5.88 Å². The lowest BCUT2D eigenvalue weighted by Gasteiger charge is -2.10. The van der Waals surface area contributed by atoms with Gasteiger partial charge in [-0.25, -0.2) is 0 Å². The third-order valence-electron chi connectivity index (χ3n) is 2.36. The van der Waals surface area contributed by atoms with Crippen LogP contribution >= 0.6 is 0 Å². The van der Waals surface area contributed by atoms with Gasteiger partial charge in [-0.1, -0.05) is 42.5 Å². The number of rotatable bonds is 4. The summed E-state index contributed by atoms with van der Waals surface area (Å²) in [5.74, 6) is -0.0712. The van der Waals surface area contributed by atoms with Crippen molar-refractivity contribution in [3.8, 4) is 11.1 Å². The zero-order valence-electron chi connectivity index (χ0n) is 9.13. The number of hydrogen-bond donors (Lipinski definition) is 1. The molecule has 0 heterocycles. The van der Waals surface area contributed by atoms with Crippen molar-refractivity contribution in [2.45, 2.75) is 0 Å². The highest BCUT2D eigenvalue weighted by molar-refractivity contribution is 7.79. The van der Waals surface area contributed by atoms with E-state index in [2.05, 4.69) is 5.32 Å². The second kappa shape index (κ2) is 5.61. The summed E-state index contributed by atoms with van der Waals surface area (Å²) < 4.78 is 20.9. The molecule has 0 bridgehead atoms. The Bertz CT molecular complexity index is 514. The van der Waals surface area contributed by atoms with E-state index in [4.69, 9.17) is 0 Å². The first kappa shape index (κ1) is 11.8. The van der Waals surface area contributed by atoms with E-state index in [0.717, 1.165) is 16.8 Å². The third-order valence-corrected chi connectivity index (χ3v) is 2.74. The molecule has 0 fully saturated rings. The van der Waals surface area contributed by atoms with E-state index in [1.807, 2.05) is 54.6 Å². The van der Waals surface area contributed by atoms with Crippen molar-refractivity contribution in [2.24, 2.45) is 0 Å². The fourth-order valence-corrected chi connectivity index (χ4v) is 1.87. The fourth-order valence-electron chi connectivity index (χ4n) is 1.58. The van der Waals surface area contributed by atoms with Gasteiger partial charge in [-0.15, -0.1) is 0 Å². The van der Waals surface area contributed by atoms with Crippen molar-refractivity contribution in [1.29, 1.82) is 0 Å². The van der Waals surface area contributed by atoms with E-state index >= 15 is 0 Å². The Balaban J connectivity index is 2.20. The molecule has 0 aliphatic rings. The molecule has 17 heavy (non-hydrogen) atoms. The summed E-state index contributed by atoms with van der Waals surface area (Å²) in [6.45, 7) is 0. The lowest BCUT2D eigenvalue weighted by Crippen LogP contribution is -2.06. The van der Waals surface area contributed by atoms with Crippen molar-refractivity contribution >= 4 is 16.8 Å². The third kappa shape index (κ3) is 3.41. The quantitative estimate of drug-likeness (QED) is 0.844. The highest BCUT2D eigenvalue weighted by atomic mass is 32.2. The van der Waals surface area contributed by atoms with Crippen LogP contribution in [0.1, 0.15) is 0 Å². The molecule has 3 nitrogen and oxygen atoms in total. The monoisotopic (exact) mass is 246 g/mol. The molecule has 2 aromatic carbocycles. The van der Waals surface area contributed by atoms with E-state index in [9.17, 15) is 8.76 Å². The van der Waals surface area contributed by atoms with Gasteiger partial charge in [0.25, 0.3) is 0 Å². The molecule has 0 saturated carbocycles. The summed E-state index contributed by atoms with van der Waals surface area (Å²) in [4.78, 5) is 0. The summed E-state index contributed by atoms with van der Waals surface area (Å²) in [5, 5.41) is 2.84. The van der Waals surface area contributed by atoms with E-state index < -0.39 is 11.1 Å². The predicted octanol–water partition coefficient (Wildman–Crippen LogP) is 2.60. The van der Waals surface area contributed by atoms with Crippen LogP contribution < -0.4 is 5.32 Å². The van der Waals surface area contributed by atoms with E-state index in [1.165, 1.54) is 0 Å². The van der Waals surface area contributed by atoms with Crippen LogP contribution in [0.4, 0.5) is 5.69 Å². The molecule has 1 unspecified atom stereocenters. The van der Waals surface area contributed by atoms with Crippen molar-refractivity contribution in [3.63, 3.8) is 0 Å². The Labute approximate surface area is 103 Å². The maximum Gasteiger partial charge on any atom is 0.0777 e. The Hall–Kier alpha value is -1.65. The van der Waals surface area contributed by atoms with Crippen molar-refractivity contribution in [1.82, 2.24) is 0 Å². The topological polar surface area (TPSA) is 52.2 Å². The maximum absolute atomic E-state index is 10.5. The Morgan fingerprint density at radius 1 is 1.00 bits per heavy atom. The highest BCUT2D eigenvalue weighted by Gasteiger charge is 1.97. The highest BCUT2D eigenvalue weighted by Crippen LogP contribution is 2.22. The first-order valence-electron chi connectivity index (χ1n) is 5.21. The smallest absolute Gasteiger partial charge is 0.0777 e. The Morgan fingerprint density at radius 2 is 1.71 bits per heavy atom. The average Bonchev–Trinajstić information content (AvgIpc) is 2.38. The minimum atomic E-state index is -2.08. The molecule has 88 valence electrons. The maximum atomic E-state index is 10.5. The van der Waals surface area contributed by atoms with Gasteiger partial charge in [0.2, 0.25) is 0 Å². The van der Waals surface area contributed by atoms with E-state index in [-0.39, 0.29) is 5.88 Å². The molecule has 0 aliphatic heterocycles. The van der Waals surface area contributed by atoms with Crippen molar-refractivity contribution < 1.29 is 8.76 Å². The molecule has 1 atom stereocenters. The van der Waals surface area contributed by atoms with Gasteiger partial charge in [0.1, 0.15) is 0 Å². The summed E-state index contributed by atoms with van der Waals surface area (Å²) in [6.07, 6.45) is 0. The molecule has 0 aliphatic carbocycles. The Morgan fingerprint density at radius 3 is 2.41 bits per heavy atom. The molecule has 2 aromatic rings. The molecule has 1 N–H and O–H groups in total. The standard InChI is InChI=1S/C13H13NO2S/c15-17(16)10-14-13-8-4-7-12(9-13)11-5-2-1-3-6-11/h1-9,14H,10H2,(H,15,16)/p-1. The SMILES string of the molecule is O=S([O-])CNc1cccc(-c2ccccc2)c1. The second-order valence-corrected chi connectivity index (χ2v) is 4.47. The van der Waals surface area contributed by atoms with E-state index in [1.54, 1.807) is 0 Å². The van der Waals surface area contributed by atoms with Gasteiger partial charge in [-0.05, 0) is 34.3 Å². The normalized spacial score (nSPS) is 12.1. The molecule has 0 radical (unpaired) electrons. The minimum absolute atomic E-state index is 0.0712. The molecule has 0 amide bonds. The summed E-state index contributed by atoms with van der Waals surface area (Å²) in [5.41, 5.74) is 2.97. The number of nitrogens with one attached hydrogen (secondary N) is 1. The molecule has 2 rings (SSSR count). The van der Waals surface area contributed by atoms with Crippen molar-refractivity contribution in [3.05, 3.63) is 54.6 Å². The van der Waals surface area contributed by atoms with Crippen molar-refractivity contribution in [2.75, 3.05) is 11.2 Å². The van der Waals surface area contributed by atoms with Gasteiger partial charge in [-0.3, -0.25) is 4.21 Å². The first-order chi connectivity index (χ1) is 8.25. The van der Waals surface area contributed by atoms with Gasteiger partial charge < -0.3 is 9.87 Å². The van der Waals surface area contributed by atoms with Crippen LogP contribution in [-0.4, -0.2) is 14.6 Å². The average molecular weight is 246 g/mol. The first-order valence-corrected chi connectivity index (χ1v) is 6.45. The fraction of sp³-hybridized carbons (Fsp3) is 0.0769. The Kier molecular flexibility index (Phi) is 3.90. The number of anilines is 1. The zero-order valence-corrected chi connectivity index (χ0v) is 9.94. The van der Waals surface area contributed by atoms with Crippen LogP contribution in [0.15, 0.2) is 54.6 Å². The van der Waals surface area contributed by atoms with Gasteiger partial charge in [0, 0.05) is 5.69 Å². The zero-order chi connectivity index (χ0) is 12.1. The van der Waals surface area contributed by atoms with Crippen LogP contribution in [-0.2, 0) is 11.1 Å². The molecular weight excluding hydrogens is 234 g/mol. The van der Waals surface area contributed by atoms with Crippen LogP contribution in [0, 0.1) is 0 Å². The summed E-state index contributed by atoms with van der Waals surface area (Å²) in [7, 11) is 0. The van der Waals surface area contributed by atoms with Crippen LogP contribution in [0.5, 0.6) is 0 Å². The number of benzene rings is 2. The van der Waals surface area contributed by atoms with Crippen LogP contribution in [0.2, 0.25) is 0 Å². The molecule has 0 saturated heterocycles. The predicted molar refractivity (Wildman–Crippen MR) is 69.3 cm³/mol. The molecule has 0 spiro atoms. The molecule has 0 aromatic heterocycles. The van der Waals surface area contributed by atoms with Gasteiger partial charge in [0.15, 0.2) is 0 Å². The lowest BCUT2D eigenvalue weighted by molar-refractivity contribution is 0.539. The largest absolute Gasteiger partial charge is 0.771 e. The van der Waals surface area contributed by atoms with Crippen LogP contribution in [0.3, 0.4) is 0 Å².